The van der Waals surface area contributed by atoms with Gasteiger partial charge in [-0.3, -0.25) is 0 Å². The van der Waals surface area contributed by atoms with E-state index in [9.17, 15) is 13.2 Å². The SMILES string of the molecule is COc1ccccc1C(=O)Oc1cc(N)n(S(C)(=O)=O)n1. The predicted octanol–water partition coefficient (Wildman–Crippen LogP) is 0.501. The number of nitrogen functional groups attached to an aromatic ring is 1. The summed E-state index contributed by atoms with van der Waals surface area (Å²) in [4.78, 5) is 12.0. The van der Waals surface area contributed by atoms with E-state index in [1.165, 1.54) is 13.2 Å². The first kappa shape index (κ1) is 14.9. The van der Waals surface area contributed by atoms with Crippen LogP contribution in [0.4, 0.5) is 5.82 Å². The van der Waals surface area contributed by atoms with E-state index >= 15 is 0 Å². The maximum Gasteiger partial charge on any atom is 0.348 e. The Hall–Kier alpha value is -2.55. The van der Waals surface area contributed by atoms with Crippen LogP contribution in [0.25, 0.3) is 0 Å². The average molecular weight is 311 g/mol. The van der Waals surface area contributed by atoms with Crippen LogP contribution >= 0.6 is 0 Å². The highest BCUT2D eigenvalue weighted by Crippen LogP contribution is 2.21. The van der Waals surface area contributed by atoms with E-state index in [1.807, 2.05) is 0 Å². The fraction of sp³-hybridized carbons (Fsp3) is 0.167. The highest BCUT2D eigenvalue weighted by molar-refractivity contribution is 7.89. The van der Waals surface area contributed by atoms with E-state index in [-0.39, 0.29) is 17.3 Å². The van der Waals surface area contributed by atoms with Crippen molar-refractivity contribution >= 4 is 21.8 Å². The second kappa shape index (κ2) is 5.44. The normalized spacial score (nSPS) is 11.1. The Morgan fingerprint density at radius 1 is 1.33 bits per heavy atom. The van der Waals surface area contributed by atoms with Gasteiger partial charge in [0.05, 0.1) is 13.4 Å². The minimum absolute atomic E-state index is 0.152. The molecule has 0 atom stereocenters. The number of anilines is 1. The Morgan fingerprint density at radius 2 is 2.00 bits per heavy atom. The Labute approximate surface area is 121 Å². The predicted molar refractivity (Wildman–Crippen MR) is 74.8 cm³/mol. The Kier molecular flexibility index (Phi) is 3.85. The third-order valence-corrected chi connectivity index (χ3v) is 3.44. The van der Waals surface area contributed by atoms with Gasteiger partial charge in [-0.15, -0.1) is 9.19 Å². The van der Waals surface area contributed by atoms with Crippen molar-refractivity contribution in [1.82, 2.24) is 9.19 Å². The highest BCUT2D eigenvalue weighted by atomic mass is 32.2. The summed E-state index contributed by atoms with van der Waals surface area (Å²) in [6.07, 6.45) is 0.933. The molecule has 0 aliphatic carbocycles. The molecule has 0 saturated heterocycles. The number of carbonyl (C=O) groups is 1. The Morgan fingerprint density at radius 3 is 2.57 bits per heavy atom. The van der Waals surface area contributed by atoms with E-state index in [1.54, 1.807) is 18.2 Å². The van der Waals surface area contributed by atoms with Crippen molar-refractivity contribution in [3.8, 4) is 11.6 Å². The van der Waals surface area contributed by atoms with Crippen molar-refractivity contribution in [2.24, 2.45) is 0 Å². The molecule has 0 bridgehead atoms. The second-order valence-corrected chi connectivity index (χ2v) is 5.92. The molecule has 9 heteroatoms. The van der Waals surface area contributed by atoms with Crippen molar-refractivity contribution in [2.45, 2.75) is 0 Å². The largest absolute Gasteiger partial charge is 0.496 e. The van der Waals surface area contributed by atoms with Crippen molar-refractivity contribution in [3.05, 3.63) is 35.9 Å². The zero-order chi connectivity index (χ0) is 15.6. The molecule has 0 aliphatic heterocycles. The minimum atomic E-state index is -3.66. The molecule has 0 fully saturated rings. The molecule has 0 radical (unpaired) electrons. The summed E-state index contributed by atoms with van der Waals surface area (Å²) in [6, 6.07) is 7.60. The van der Waals surface area contributed by atoms with Crippen LogP contribution in [0.15, 0.2) is 30.3 Å². The number of nitrogens with two attached hydrogens (primary N) is 1. The lowest BCUT2D eigenvalue weighted by molar-refractivity contribution is 0.0723. The quantitative estimate of drug-likeness (QED) is 0.818. The highest BCUT2D eigenvalue weighted by Gasteiger charge is 2.19. The van der Waals surface area contributed by atoms with E-state index < -0.39 is 16.0 Å². The molecule has 8 nitrogen and oxygen atoms in total. The maximum atomic E-state index is 12.0. The minimum Gasteiger partial charge on any atom is -0.496 e. The fourth-order valence-corrected chi connectivity index (χ4v) is 2.30. The van der Waals surface area contributed by atoms with E-state index in [2.05, 4.69) is 5.10 Å². The number of carbonyl (C=O) groups excluding carboxylic acids is 1. The van der Waals surface area contributed by atoms with Gasteiger partial charge < -0.3 is 15.2 Å². The van der Waals surface area contributed by atoms with Crippen LogP contribution in [0.3, 0.4) is 0 Å². The fourth-order valence-electron chi connectivity index (χ4n) is 1.64. The lowest BCUT2D eigenvalue weighted by atomic mass is 10.2. The molecule has 21 heavy (non-hydrogen) atoms. The summed E-state index contributed by atoms with van der Waals surface area (Å²) in [6.45, 7) is 0. The number of esters is 1. The van der Waals surface area contributed by atoms with Crippen LogP contribution in [0, 0.1) is 0 Å². The molecular weight excluding hydrogens is 298 g/mol. The summed E-state index contributed by atoms with van der Waals surface area (Å²) in [5, 5.41) is 3.62. The summed E-state index contributed by atoms with van der Waals surface area (Å²) in [5.41, 5.74) is 5.69. The summed E-state index contributed by atoms with van der Waals surface area (Å²) < 4.78 is 33.4. The van der Waals surface area contributed by atoms with E-state index in [0.29, 0.717) is 9.84 Å². The number of benzene rings is 1. The standard InChI is InChI=1S/C12H13N3O5S/c1-19-9-6-4-3-5-8(9)12(16)20-11-7-10(13)15(14-11)21(2,17)18/h3-7H,13H2,1-2H3. The maximum absolute atomic E-state index is 12.0. The number of hydrogen-bond donors (Lipinski definition) is 1. The zero-order valence-electron chi connectivity index (χ0n) is 11.3. The van der Waals surface area contributed by atoms with Crippen LogP contribution in [0.5, 0.6) is 11.6 Å². The van der Waals surface area contributed by atoms with E-state index in [4.69, 9.17) is 15.2 Å². The first-order valence-corrected chi connectivity index (χ1v) is 7.59. The van der Waals surface area contributed by atoms with Gasteiger partial charge in [-0.2, -0.15) is 0 Å². The first-order chi connectivity index (χ1) is 9.82. The molecule has 1 aromatic carbocycles. The number of ether oxygens (including phenoxy) is 2. The first-order valence-electron chi connectivity index (χ1n) is 5.74. The number of nitrogens with zero attached hydrogens (tertiary/aromatic N) is 2. The van der Waals surface area contributed by atoms with Gasteiger partial charge in [-0.25, -0.2) is 13.2 Å². The summed E-state index contributed by atoms with van der Waals surface area (Å²) in [5.74, 6) is -0.766. The van der Waals surface area contributed by atoms with Crippen LogP contribution < -0.4 is 15.2 Å². The molecule has 0 unspecified atom stereocenters. The second-order valence-electron chi connectivity index (χ2n) is 4.10. The van der Waals surface area contributed by atoms with E-state index in [0.717, 1.165) is 12.3 Å². The van der Waals surface area contributed by atoms with Gasteiger partial charge in [0.25, 0.3) is 10.0 Å². The van der Waals surface area contributed by atoms with Gasteiger partial charge in [-0.05, 0) is 12.1 Å². The van der Waals surface area contributed by atoms with Crippen molar-refractivity contribution < 1.29 is 22.7 Å². The monoisotopic (exact) mass is 311 g/mol. The molecular formula is C12H13N3O5S. The number of rotatable bonds is 4. The topological polar surface area (TPSA) is 114 Å². The molecule has 2 rings (SSSR count). The number of aromatic nitrogens is 2. The molecule has 0 saturated carbocycles. The summed E-state index contributed by atoms with van der Waals surface area (Å²) >= 11 is 0. The third kappa shape index (κ3) is 3.14. The molecule has 0 amide bonds. The zero-order valence-corrected chi connectivity index (χ0v) is 12.1. The van der Waals surface area contributed by atoms with Crippen LogP contribution in [0.1, 0.15) is 10.4 Å². The van der Waals surface area contributed by atoms with Crippen molar-refractivity contribution in [1.29, 1.82) is 0 Å². The molecule has 1 heterocycles. The van der Waals surface area contributed by atoms with Crippen molar-refractivity contribution in [3.63, 3.8) is 0 Å². The van der Waals surface area contributed by atoms with Gasteiger partial charge in [0.2, 0.25) is 5.88 Å². The van der Waals surface area contributed by atoms with Gasteiger partial charge in [0.1, 0.15) is 17.1 Å². The molecule has 0 spiro atoms. The Balaban J connectivity index is 2.29. The van der Waals surface area contributed by atoms with Crippen LogP contribution in [-0.2, 0) is 10.0 Å². The van der Waals surface area contributed by atoms with Gasteiger partial charge in [0, 0.05) is 6.07 Å². The number of hydrogen-bond acceptors (Lipinski definition) is 7. The van der Waals surface area contributed by atoms with Crippen molar-refractivity contribution in [2.75, 3.05) is 19.1 Å². The molecule has 0 aliphatic rings. The molecule has 1 aromatic heterocycles. The average Bonchev–Trinajstić information content (AvgIpc) is 2.79. The van der Waals surface area contributed by atoms with Gasteiger partial charge in [-0.1, -0.05) is 12.1 Å². The molecule has 2 aromatic rings. The lowest BCUT2D eigenvalue weighted by Gasteiger charge is -2.06. The lowest BCUT2D eigenvalue weighted by Crippen LogP contribution is -2.15. The van der Waals surface area contributed by atoms with Crippen LogP contribution in [-0.4, -0.2) is 36.9 Å². The number of methoxy groups -OCH3 is 1. The smallest absolute Gasteiger partial charge is 0.348 e. The molecule has 112 valence electrons. The van der Waals surface area contributed by atoms with Gasteiger partial charge >= 0.3 is 5.97 Å². The van der Waals surface area contributed by atoms with Gasteiger partial charge in [0.15, 0.2) is 0 Å². The number of para-hydroxylation sites is 1. The summed E-state index contributed by atoms with van der Waals surface area (Å²) in [7, 11) is -2.24. The van der Waals surface area contributed by atoms with Crippen LogP contribution in [0.2, 0.25) is 0 Å². The Bertz CT molecular complexity index is 782. The third-order valence-electron chi connectivity index (χ3n) is 2.52. The molecule has 2 N–H and O–H groups in total.